The standard InChI is InChI=1S/C8H17NO3S/c10-6-5-9-3-1-8(2-4-9)7-13(11)12/h8,10,13H,1-7H2. The molecule has 0 aliphatic carbocycles. The second-order valence-electron chi connectivity index (χ2n) is 3.52. The van der Waals surface area contributed by atoms with Gasteiger partial charge in [0.2, 0.25) is 0 Å². The molecule has 78 valence electrons. The number of hydrogen-bond acceptors (Lipinski definition) is 4. The van der Waals surface area contributed by atoms with E-state index in [1.807, 2.05) is 0 Å². The van der Waals surface area contributed by atoms with E-state index in [4.69, 9.17) is 5.11 Å². The van der Waals surface area contributed by atoms with Gasteiger partial charge in [-0.1, -0.05) is 0 Å². The van der Waals surface area contributed by atoms with E-state index in [0.717, 1.165) is 32.5 Å². The number of piperidine rings is 1. The molecular weight excluding hydrogens is 190 g/mol. The SMILES string of the molecule is O=[SH](=O)CC1CCN(CCO)CC1. The zero-order chi connectivity index (χ0) is 9.68. The first-order valence-corrected chi connectivity index (χ1v) is 6.03. The first-order valence-electron chi connectivity index (χ1n) is 4.67. The third-order valence-corrected chi connectivity index (χ3v) is 3.35. The van der Waals surface area contributed by atoms with Gasteiger partial charge in [0.25, 0.3) is 0 Å². The maximum atomic E-state index is 10.5. The van der Waals surface area contributed by atoms with E-state index < -0.39 is 10.7 Å². The van der Waals surface area contributed by atoms with E-state index in [-0.39, 0.29) is 6.61 Å². The minimum atomic E-state index is -2.21. The highest BCUT2D eigenvalue weighted by Gasteiger charge is 2.18. The number of likely N-dealkylation sites (tertiary alicyclic amines) is 1. The van der Waals surface area contributed by atoms with Crippen LogP contribution < -0.4 is 0 Å². The largest absolute Gasteiger partial charge is 0.395 e. The van der Waals surface area contributed by atoms with E-state index in [9.17, 15) is 8.42 Å². The predicted molar refractivity (Wildman–Crippen MR) is 51.4 cm³/mol. The molecule has 0 spiro atoms. The molecule has 0 saturated carbocycles. The second kappa shape index (κ2) is 5.57. The molecular formula is C8H17NO3S. The van der Waals surface area contributed by atoms with Crippen molar-refractivity contribution in [3.05, 3.63) is 0 Å². The Morgan fingerprint density at radius 3 is 2.38 bits per heavy atom. The van der Waals surface area contributed by atoms with Crippen LogP contribution in [0.25, 0.3) is 0 Å². The fraction of sp³-hybridized carbons (Fsp3) is 1.00. The van der Waals surface area contributed by atoms with Crippen LogP contribution in [0.2, 0.25) is 0 Å². The van der Waals surface area contributed by atoms with Gasteiger partial charge in [-0.3, -0.25) is 0 Å². The molecule has 1 heterocycles. The van der Waals surface area contributed by atoms with Crippen LogP contribution in [0.15, 0.2) is 0 Å². The molecule has 1 saturated heterocycles. The van der Waals surface area contributed by atoms with Crippen molar-refractivity contribution in [2.24, 2.45) is 5.92 Å². The first-order chi connectivity index (χ1) is 6.22. The van der Waals surface area contributed by atoms with Crippen molar-refractivity contribution < 1.29 is 13.5 Å². The highest BCUT2D eigenvalue weighted by atomic mass is 32.2. The summed E-state index contributed by atoms with van der Waals surface area (Å²) in [6, 6.07) is 0. The van der Waals surface area contributed by atoms with Crippen LogP contribution in [0.3, 0.4) is 0 Å². The molecule has 0 unspecified atom stereocenters. The molecule has 1 N–H and O–H groups in total. The van der Waals surface area contributed by atoms with Crippen LogP contribution in [0, 0.1) is 5.92 Å². The predicted octanol–water partition coefficient (Wildman–Crippen LogP) is -0.698. The van der Waals surface area contributed by atoms with E-state index in [0.29, 0.717) is 11.7 Å². The van der Waals surface area contributed by atoms with Crippen LogP contribution in [0.4, 0.5) is 0 Å². The number of hydrogen-bond donors (Lipinski definition) is 2. The van der Waals surface area contributed by atoms with Crippen LogP contribution >= 0.6 is 0 Å². The summed E-state index contributed by atoms with van der Waals surface area (Å²) in [7, 11) is -2.21. The Kier molecular flexibility index (Phi) is 4.69. The monoisotopic (exact) mass is 207 g/mol. The Morgan fingerprint density at radius 1 is 1.31 bits per heavy atom. The third kappa shape index (κ3) is 4.06. The molecule has 1 aliphatic rings. The smallest absolute Gasteiger partial charge is 0.140 e. The fourth-order valence-electron chi connectivity index (χ4n) is 1.74. The summed E-state index contributed by atoms with van der Waals surface area (Å²) in [5, 5.41) is 8.69. The minimum absolute atomic E-state index is 0.195. The van der Waals surface area contributed by atoms with Crippen molar-refractivity contribution in [1.82, 2.24) is 4.90 Å². The van der Waals surface area contributed by atoms with Crippen molar-refractivity contribution in [2.75, 3.05) is 32.0 Å². The van der Waals surface area contributed by atoms with Gasteiger partial charge in [-0.15, -0.1) is 0 Å². The Hall–Kier alpha value is -0.130. The van der Waals surface area contributed by atoms with Crippen molar-refractivity contribution >= 4 is 10.7 Å². The Morgan fingerprint density at radius 2 is 1.92 bits per heavy atom. The lowest BCUT2D eigenvalue weighted by molar-refractivity contribution is 0.153. The van der Waals surface area contributed by atoms with Gasteiger partial charge in [0.05, 0.1) is 12.4 Å². The first kappa shape index (κ1) is 10.9. The van der Waals surface area contributed by atoms with E-state index in [2.05, 4.69) is 4.90 Å². The molecule has 1 aliphatic heterocycles. The average Bonchev–Trinajstić information content (AvgIpc) is 2.08. The van der Waals surface area contributed by atoms with Gasteiger partial charge in [0.1, 0.15) is 10.7 Å². The summed E-state index contributed by atoms with van der Waals surface area (Å²) in [5.74, 6) is 0.679. The average molecular weight is 207 g/mol. The maximum Gasteiger partial charge on any atom is 0.140 e. The molecule has 0 bridgehead atoms. The van der Waals surface area contributed by atoms with Gasteiger partial charge in [-0.2, -0.15) is 0 Å². The zero-order valence-corrected chi connectivity index (χ0v) is 8.58. The van der Waals surface area contributed by atoms with Crippen LogP contribution in [0.5, 0.6) is 0 Å². The molecule has 1 fully saturated rings. The summed E-state index contributed by atoms with van der Waals surface area (Å²) < 4.78 is 20.9. The molecule has 0 radical (unpaired) electrons. The van der Waals surface area contributed by atoms with Crippen molar-refractivity contribution in [3.63, 3.8) is 0 Å². The van der Waals surface area contributed by atoms with Gasteiger partial charge >= 0.3 is 0 Å². The van der Waals surface area contributed by atoms with Gasteiger partial charge in [-0.25, -0.2) is 8.42 Å². The lowest BCUT2D eigenvalue weighted by Gasteiger charge is -2.30. The highest BCUT2D eigenvalue weighted by molar-refractivity contribution is 7.72. The topological polar surface area (TPSA) is 57.6 Å². The van der Waals surface area contributed by atoms with Gasteiger partial charge in [0, 0.05) is 6.54 Å². The van der Waals surface area contributed by atoms with Gasteiger partial charge in [0.15, 0.2) is 0 Å². The quantitative estimate of drug-likeness (QED) is 0.599. The van der Waals surface area contributed by atoms with Crippen molar-refractivity contribution in [3.8, 4) is 0 Å². The Balaban J connectivity index is 2.22. The summed E-state index contributed by atoms with van der Waals surface area (Å²) in [4.78, 5) is 2.17. The second-order valence-corrected chi connectivity index (χ2v) is 4.55. The lowest BCUT2D eigenvalue weighted by atomic mass is 9.99. The molecule has 1 rings (SSSR count). The van der Waals surface area contributed by atoms with Crippen LogP contribution in [-0.2, 0) is 10.7 Å². The summed E-state index contributed by atoms with van der Waals surface area (Å²) in [6.07, 6.45) is 1.90. The van der Waals surface area contributed by atoms with Crippen molar-refractivity contribution in [2.45, 2.75) is 12.8 Å². The van der Waals surface area contributed by atoms with E-state index in [1.54, 1.807) is 0 Å². The van der Waals surface area contributed by atoms with Gasteiger partial charge in [-0.05, 0) is 31.8 Å². The molecule has 0 aromatic heterocycles. The molecule has 4 nitrogen and oxygen atoms in total. The maximum absolute atomic E-state index is 10.5. The van der Waals surface area contributed by atoms with Crippen LogP contribution in [0.1, 0.15) is 12.8 Å². The fourth-order valence-corrected chi connectivity index (χ4v) is 2.53. The number of aliphatic hydroxyl groups is 1. The molecule has 0 aromatic rings. The number of thiol groups is 1. The summed E-state index contributed by atoms with van der Waals surface area (Å²) >= 11 is 0. The molecule has 0 amide bonds. The number of rotatable bonds is 4. The summed E-state index contributed by atoms with van der Waals surface area (Å²) in [5.41, 5.74) is 0. The van der Waals surface area contributed by atoms with Gasteiger partial charge < -0.3 is 10.0 Å². The zero-order valence-electron chi connectivity index (χ0n) is 7.69. The highest BCUT2D eigenvalue weighted by Crippen LogP contribution is 2.16. The minimum Gasteiger partial charge on any atom is -0.395 e. The third-order valence-electron chi connectivity index (χ3n) is 2.53. The number of nitrogens with zero attached hydrogens (tertiary/aromatic N) is 1. The van der Waals surface area contributed by atoms with E-state index >= 15 is 0 Å². The summed E-state index contributed by atoms with van der Waals surface area (Å²) in [6.45, 7) is 2.76. The molecule has 0 atom stereocenters. The number of aliphatic hydroxyl groups excluding tert-OH is 1. The Labute approximate surface area is 80.5 Å². The normalized spacial score (nSPS) is 21.1. The molecule has 0 aromatic carbocycles. The lowest BCUT2D eigenvalue weighted by Crippen LogP contribution is -2.36. The molecule has 5 heteroatoms. The van der Waals surface area contributed by atoms with E-state index in [1.165, 1.54) is 0 Å². The number of β-amino-alcohol motifs (C(OH)–C–C–N with tert-alkyl or cyclic N) is 1. The van der Waals surface area contributed by atoms with Crippen LogP contribution in [-0.4, -0.2) is 50.4 Å². The molecule has 13 heavy (non-hydrogen) atoms. The Bertz CT molecular complexity index is 201. The van der Waals surface area contributed by atoms with Crippen molar-refractivity contribution in [1.29, 1.82) is 0 Å².